The largest absolute Gasteiger partial charge is 0.494 e. The minimum atomic E-state index is -0.188. The lowest BCUT2D eigenvalue weighted by atomic mass is 10.1. The number of nitrogens with zero attached hydrogens (tertiary/aromatic N) is 7. The van der Waals surface area contributed by atoms with Crippen molar-refractivity contribution in [3.8, 4) is 11.4 Å². The van der Waals surface area contributed by atoms with Gasteiger partial charge >= 0.3 is 0 Å². The molecule has 2 aromatic heterocycles. The molecule has 1 aromatic carbocycles. The second-order valence-electron chi connectivity index (χ2n) is 6.27. The molecule has 1 N–H and O–H groups in total. The van der Waals surface area contributed by atoms with Gasteiger partial charge in [0.15, 0.2) is 5.82 Å². The van der Waals surface area contributed by atoms with Gasteiger partial charge in [0.2, 0.25) is 0 Å². The van der Waals surface area contributed by atoms with Crippen molar-refractivity contribution >= 4 is 5.91 Å². The summed E-state index contributed by atoms with van der Waals surface area (Å²) in [6.07, 6.45) is 4.01. The summed E-state index contributed by atoms with van der Waals surface area (Å²) in [7, 11) is 1.56. The van der Waals surface area contributed by atoms with E-state index >= 15 is 0 Å². The number of ether oxygens (including phenoxy) is 1. The van der Waals surface area contributed by atoms with Crippen molar-refractivity contribution in [1.82, 2.24) is 40.3 Å². The number of hydrogen-bond donors (Lipinski definition) is 1. The Bertz CT molecular complexity index is 950. The molecular formula is C17H20N8O2. The van der Waals surface area contributed by atoms with Crippen LogP contribution in [-0.2, 0) is 13.0 Å². The van der Waals surface area contributed by atoms with E-state index in [1.807, 2.05) is 11.6 Å². The van der Waals surface area contributed by atoms with Crippen molar-refractivity contribution in [2.45, 2.75) is 38.8 Å². The van der Waals surface area contributed by atoms with Crippen LogP contribution >= 0.6 is 0 Å². The van der Waals surface area contributed by atoms with Gasteiger partial charge in [0.25, 0.3) is 5.91 Å². The third kappa shape index (κ3) is 3.25. The molecule has 27 heavy (non-hydrogen) atoms. The Morgan fingerprint density at radius 2 is 2.30 bits per heavy atom. The quantitative estimate of drug-likeness (QED) is 0.717. The molecule has 10 heteroatoms. The van der Waals surface area contributed by atoms with Gasteiger partial charge < -0.3 is 10.1 Å². The van der Waals surface area contributed by atoms with Crippen molar-refractivity contribution in [1.29, 1.82) is 0 Å². The molecule has 0 radical (unpaired) electrons. The Hall–Kier alpha value is -3.30. The van der Waals surface area contributed by atoms with E-state index in [9.17, 15) is 4.79 Å². The number of benzene rings is 1. The SMILES string of the molecule is CCc1nc2n(n1)CCCC2NC(=O)c1ccc(OC)c(-n2cnnn2)c1. The maximum Gasteiger partial charge on any atom is 0.251 e. The summed E-state index contributed by atoms with van der Waals surface area (Å²) in [5, 5.41) is 18.7. The zero-order valence-electron chi connectivity index (χ0n) is 15.2. The van der Waals surface area contributed by atoms with Crippen molar-refractivity contribution in [2.24, 2.45) is 0 Å². The molecule has 0 aliphatic carbocycles. The van der Waals surface area contributed by atoms with Crippen LogP contribution < -0.4 is 10.1 Å². The van der Waals surface area contributed by atoms with Crippen molar-refractivity contribution in [3.63, 3.8) is 0 Å². The van der Waals surface area contributed by atoms with Crippen LogP contribution in [-0.4, -0.2) is 48.0 Å². The number of rotatable bonds is 5. The fraction of sp³-hybridized carbons (Fsp3) is 0.412. The molecule has 1 aliphatic heterocycles. The van der Waals surface area contributed by atoms with Gasteiger partial charge in [-0.25, -0.2) is 9.67 Å². The third-order valence-corrected chi connectivity index (χ3v) is 4.58. The predicted molar refractivity (Wildman–Crippen MR) is 94.5 cm³/mol. The summed E-state index contributed by atoms with van der Waals surface area (Å²) in [6, 6.07) is 4.99. The van der Waals surface area contributed by atoms with E-state index in [1.54, 1.807) is 25.3 Å². The zero-order chi connectivity index (χ0) is 18.8. The molecule has 1 unspecified atom stereocenters. The monoisotopic (exact) mass is 368 g/mol. The number of methoxy groups -OCH3 is 1. The van der Waals surface area contributed by atoms with Gasteiger partial charge in [-0.2, -0.15) is 9.78 Å². The number of tetrazole rings is 1. The zero-order valence-corrected chi connectivity index (χ0v) is 15.2. The summed E-state index contributed by atoms with van der Waals surface area (Å²) in [5.74, 6) is 2.01. The van der Waals surface area contributed by atoms with Crippen LogP contribution in [0, 0.1) is 0 Å². The van der Waals surface area contributed by atoms with Crippen LogP contribution in [0.2, 0.25) is 0 Å². The maximum atomic E-state index is 12.9. The van der Waals surface area contributed by atoms with E-state index in [-0.39, 0.29) is 11.9 Å². The molecule has 10 nitrogen and oxygen atoms in total. The lowest BCUT2D eigenvalue weighted by Crippen LogP contribution is -2.33. The molecule has 3 aromatic rings. The number of nitrogens with one attached hydrogen (secondary N) is 1. The number of hydrogen-bond acceptors (Lipinski definition) is 7. The maximum absolute atomic E-state index is 12.9. The van der Waals surface area contributed by atoms with Crippen molar-refractivity contribution < 1.29 is 9.53 Å². The van der Waals surface area contributed by atoms with Gasteiger partial charge in [-0.15, -0.1) is 5.10 Å². The minimum Gasteiger partial charge on any atom is -0.494 e. The molecule has 1 atom stereocenters. The van der Waals surface area contributed by atoms with Gasteiger partial charge in [0, 0.05) is 18.5 Å². The Balaban J connectivity index is 1.59. The van der Waals surface area contributed by atoms with Crippen LogP contribution in [0.1, 0.15) is 47.8 Å². The highest BCUT2D eigenvalue weighted by molar-refractivity contribution is 5.95. The van der Waals surface area contributed by atoms with E-state index in [0.717, 1.165) is 37.5 Å². The van der Waals surface area contributed by atoms with Crippen molar-refractivity contribution in [3.05, 3.63) is 41.7 Å². The molecule has 140 valence electrons. The predicted octanol–water partition coefficient (Wildman–Crippen LogP) is 1.09. The van der Waals surface area contributed by atoms with Gasteiger partial charge in [0.1, 0.15) is 23.6 Å². The summed E-state index contributed by atoms with van der Waals surface area (Å²) in [5.41, 5.74) is 1.09. The molecule has 0 spiro atoms. The summed E-state index contributed by atoms with van der Waals surface area (Å²) in [6.45, 7) is 2.85. The first-order valence-electron chi connectivity index (χ1n) is 8.85. The van der Waals surface area contributed by atoms with E-state index < -0.39 is 0 Å². The Morgan fingerprint density at radius 1 is 1.41 bits per heavy atom. The molecule has 0 bridgehead atoms. The van der Waals surface area contributed by atoms with Crippen LogP contribution in [0.5, 0.6) is 5.75 Å². The fourth-order valence-electron chi connectivity index (χ4n) is 3.21. The normalized spacial score (nSPS) is 16.0. The summed E-state index contributed by atoms with van der Waals surface area (Å²) in [4.78, 5) is 17.4. The molecule has 3 heterocycles. The van der Waals surface area contributed by atoms with Gasteiger partial charge in [-0.1, -0.05) is 6.92 Å². The summed E-state index contributed by atoms with van der Waals surface area (Å²) < 4.78 is 8.70. The topological polar surface area (TPSA) is 113 Å². The van der Waals surface area contributed by atoms with Gasteiger partial charge in [0.05, 0.1) is 13.2 Å². The van der Waals surface area contributed by atoms with Crippen LogP contribution in [0.25, 0.3) is 5.69 Å². The number of carbonyl (C=O) groups excluding carboxylic acids is 1. The minimum absolute atomic E-state index is 0.155. The fourth-order valence-corrected chi connectivity index (χ4v) is 3.21. The number of aryl methyl sites for hydroxylation is 2. The van der Waals surface area contributed by atoms with E-state index in [2.05, 4.69) is 30.9 Å². The summed E-state index contributed by atoms with van der Waals surface area (Å²) >= 11 is 0. The van der Waals surface area contributed by atoms with Crippen LogP contribution in [0.4, 0.5) is 0 Å². The lowest BCUT2D eigenvalue weighted by Gasteiger charge is -2.23. The number of amides is 1. The molecule has 0 fully saturated rings. The number of fused-ring (bicyclic) bond motifs is 1. The van der Waals surface area contributed by atoms with E-state index in [0.29, 0.717) is 17.0 Å². The van der Waals surface area contributed by atoms with Crippen molar-refractivity contribution in [2.75, 3.05) is 7.11 Å². The molecular weight excluding hydrogens is 348 g/mol. The molecule has 1 amide bonds. The average Bonchev–Trinajstić information content (AvgIpc) is 3.37. The highest BCUT2D eigenvalue weighted by atomic mass is 16.5. The first kappa shape index (κ1) is 17.1. The second kappa shape index (κ2) is 7.14. The average molecular weight is 368 g/mol. The third-order valence-electron chi connectivity index (χ3n) is 4.58. The molecule has 4 rings (SSSR count). The number of aromatic nitrogens is 7. The highest BCUT2D eigenvalue weighted by Crippen LogP contribution is 2.26. The van der Waals surface area contributed by atoms with Crippen LogP contribution in [0.15, 0.2) is 24.5 Å². The van der Waals surface area contributed by atoms with Gasteiger partial charge in [-0.3, -0.25) is 4.79 Å². The standard InChI is InChI=1S/C17H20N8O2/c1-3-15-20-16-12(5-4-8-24(16)21-15)19-17(26)11-6-7-14(27-2)13(9-11)25-10-18-22-23-25/h6-7,9-10,12H,3-5,8H2,1-2H3,(H,19,26). The molecule has 1 aliphatic rings. The van der Waals surface area contributed by atoms with E-state index in [1.165, 1.54) is 11.0 Å². The van der Waals surface area contributed by atoms with Crippen LogP contribution in [0.3, 0.4) is 0 Å². The first-order valence-corrected chi connectivity index (χ1v) is 8.85. The molecule has 0 saturated heterocycles. The highest BCUT2D eigenvalue weighted by Gasteiger charge is 2.26. The van der Waals surface area contributed by atoms with E-state index in [4.69, 9.17) is 4.74 Å². The Labute approximate surface area is 155 Å². The smallest absolute Gasteiger partial charge is 0.251 e. The lowest BCUT2D eigenvalue weighted by molar-refractivity contribution is 0.0927. The number of carbonyl (C=O) groups is 1. The second-order valence-corrected chi connectivity index (χ2v) is 6.27. The Kier molecular flexibility index (Phi) is 4.53. The van der Waals surface area contributed by atoms with Gasteiger partial charge in [-0.05, 0) is 41.5 Å². The molecule has 0 saturated carbocycles. The Morgan fingerprint density at radius 3 is 3.04 bits per heavy atom. The first-order chi connectivity index (χ1) is 13.2.